The first-order valence-electron chi connectivity index (χ1n) is 10.4. The predicted octanol–water partition coefficient (Wildman–Crippen LogP) is 3.68. The van der Waals surface area contributed by atoms with Crippen LogP contribution < -0.4 is 5.56 Å². The van der Waals surface area contributed by atoms with Crippen molar-refractivity contribution >= 4 is 11.7 Å². The van der Waals surface area contributed by atoms with Crippen molar-refractivity contribution in [3.8, 4) is 17.2 Å². The topological polar surface area (TPSA) is 103 Å². The number of aromatic amines is 1. The third kappa shape index (κ3) is 4.17. The van der Waals surface area contributed by atoms with E-state index >= 15 is 0 Å². The molecule has 1 fully saturated rings. The molecule has 1 aromatic carbocycles. The number of aromatic nitrogens is 3. The quantitative estimate of drug-likeness (QED) is 0.682. The molecule has 1 aliphatic rings. The molecule has 0 atom stereocenters. The van der Waals surface area contributed by atoms with E-state index in [-0.39, 0.29) is 17.6 Å². The molecule has 0 aliphatic carbocycles. The Bertz CT molecular complexity index is 1220. The Balaban J connectivity index is 1.63. The standard InChI is InChI=1S/C23H25N5O3/c1-23(2,3)31-22(30)27-10-8-15(9-11-27)19-12-20(29)26-21-18(14-25-28(19)21)17-7-5-4-6-16(17)13-24/h4-7,12,14-15H,8-11H2,1-3H3,(H,26,29). The van der Waals surface area contributed by atoms with Gasteiger partial charge in [0.15, 0.2) is 0 Å². The first kappa shape index (κ1) is 20.7. The van der Waals surface area contributed by atoms with Gasteiger partial charge in [-0.2, -0.15) is 10.4 Å². The highest BCUT2D eigenvalue weighted by molar-refractivity contribution is 5.80. The third-order valence-corrected chi connectivity index (χ3v) is 5.44. The van der Waals surface area contributed by atoms with Gasteiger partial charge in [0.2, 0.25) is 0 Å². The summed E-state index contributed by atoms with van der Waals surface area (Å²) >= 11 is 0. The van der Waals surface area contributed by atoms with Gasteiger partial charge in [0.05, 0.1) is 23.5 Å². The number of carbonyl (C=O) groups is 1. The third-order valence-electron chi connectivity index (χ3n) is 5.44. The van der Waals surface area contributed by atoms with Gasteiger partial charge in [-0.1, -0.05) is 18.2 Å². The molecule has 0 bridgehead atoms. The van der Waals surface area contributed by atoms with E-state index in [1.54, 1.807) is 33.8 Å². The second kappa shape index (κ2) is 7.91. The van der Waals surface area contributed by atoms with E-state index in [2.05, 4.69) is 16.2 Å². The molecule has 2 aromatic heterocycles. The number of fused-ring (bicyclic) bond motifs is 1. The molecule has 8 nitrogen and oxygen atoms in total. The van der Waals surface area contributed by atoms with E-state index in [1.807, 2.05) is 32.9 Å². The van der Waals surface area contributed by atoms with Crippen LogP contribution in [0.15, 0.2) is 41.3 Å². The Labute approximate surface area is 180 Å². The number of ether oxygens (including phenoxy) is 1. The van der Waals surface area contributed by atoms with Crippen LogP contribution in [0.4, 0.5) is 4.79 Å². The molecule has 1 aliphatic heterocycles. The van der Waals surface area contributed by atoms with Crippen molar-refractivity contribution in [1.82, 2.24) is 19.5 Å². The first-order valence-corrected chi connectivity index (χ1v) is 10.4. The van der Waals surface area contributed by atoms with Crippen molar-refractivity contribution in [1.29, 1.82) is 5.26 Å². The number of carbonyl (C=O) groups excluding carboxylic acids is 1. The maximum atomic E-state index is 12.5. The molecule has 160 valence electrons. The summed E-state index contributed by atoms with van der Waals surface area (Å²) in [5, 5.41) is 14.0. The summed E-state index contributed by atoms with van der Waals surface area (Å²) in [6.45, 7) is 6.66. The predicted molar refractivity (Wildman–Crippen MR) is 116 cm³/mol. The summed E-state index contributed by atoms with van der Waals surface area (Å²) in [6, 6.07) is 11.0. The molecule has 1 amide bonds. The van der Waals surface area contributed by atoms with Gasteiger partial charge in [-0.3, -0.25) is 4.79 Å². The summed E-state index contributed by atoms with van der Waals surface area (Å²) in [6.07, 6.45) is 2.79. The van der Waals surface area contributed by atoms with Gasteiger partial charge in [-0.15, -0.1) is 0 Å². The lowest BCUT2D eigenvalue weighted by Gasteiger charge is -2.33. The molecular weight excluding hydrogens is 394 g/mol. The van der Waals surface area contributed by atoms with Crippen LogP contribution in [0, 0.1) is 11.3 Å². The molecule has 3 aromatic rings. The average Bonchev–Trinajstić information content (AvgIpc) is 3.15. The number of likely N-dealkylation sites (tertiary alicyclic amines) is 1. The number of nitrogens with one attached hydrogen (secondary N) is 1. The van der Waals surface area contributed by atoms with Crippen LogP contribution in [0.25, 0.3) is 16.8 Å². The highest BCUT2D eigenvalue weighted by Crippen LogP contribution is 2.31. The largest absolute Gasteiger partial charge is 0.444 e. The lowest BCUT2D eigenvalue weighted by Crippen LogP contribution is -2.41. The molecule has 4 rings (SSSR count). The Hall–Kier alpha value is -3.60. The van der Waals surface area contributed by atoms with Gasteiger partial charge in [0, 0.05) is 36.2 Å². The van der Waals surface area contributed by atoms with Crippen LogP contribution in [0.2, 0.25) is 0 Å². The Kier molecular flexibility index (Phi) is 5.27. The molecule has 3 heterocycles. The van der Waals surface area contributed by atoms with Gasteiger partial charge in [-0.05, 0) is 39.7 Å². The fourth-order valence-electron chi connectivity index (χ4n) is 4.00. The molecule has 31 heavy (non-hydrogen) atoms. The SMILES string of the molecule is CC(C)(C)OC(=O)N1CCC(c2cc(=O)[nH]c3c(-c4ccccc4C#N)cnn23)CC1. The number of piperidine rings is 1. The van der Waals surface area contributed by atoms with Gasteiger partial charge < -0.3 is 14.6 Å². The zero-order chi connectivity index (χ0) is 22.2. The lowest BCUT2D eigenvalue weighted by atomic mass is 9.93. The fraction of sp³-hybridized carbons (Fsp3) is 0.391. The number of benzene rings is 1. The smallest absolute Gasteiger partial charge is 0.410 e. The summed E-state index contributed by atoms with van der Waals surface area (Å²) in [5.74, 6) is 0.0856. The fourth-order valence-corrected chi connectivity index (χ4v) is 4.00. The monoisotopic (exact) mass is 419 g/mol. The maximum Gasteiger partial charge on any atom is 0.410 e. The number of nitrogens with zero attached hydrogens (tertiary/aromatic N) is 4. The molecule has 0 radical (unpaired) electrons. The number of hydrogen-bond acceptors (Lipinski definition) is 5. The van der Waals surface area contributed by atoms with Crippen LogP contribution in [0.3, 0.4) is 0 Å². The molecule has 1 saturated heterocycles. The number of hydrogen-bond donors (Lipinski definition) is 1. The van der Waals surface area contributed by atoms with Crippen LogP contribution in [0.5, 0.6) is 0 Å². The number of rotatable bonds is 2. The number of amides is 1. The Morgan fingerprint density at radius 2 is 1.94 bits per heavy atom. The molecule has 0 unspecified atom stereocenters. The Morgan fingerprint density at radius 3 is 2.61 bits per heavy atom. The van der Waals surface area contributed by atoms with Gasteiger partial charge >= 0.3 is 6.09 Å². The van der Waals surface area contributed by atoms with Gasteiger partial charge in [0.1, 0.15) is 11.2 Å². The highest BCUT2D eigenvalue weighted by Gasteiger charge is 2.29. The molecule has 0 saturated carbocycles. The second-order valence-corrected chi connectivity index (χ2v) is 8.78. The minimum atomic E-state index is -0.530. The van der Waals surface area contributed by atoms with Crippen LogP contribution in [-0.4, -0.2) is 44.3 Å². The van der Waals surface area contributed by atoms with E-state index in [0.717, 1.165) is 11.3 Å². The normalized spacial score (nSPS) is 15.1. The lowest BCUT2D eigenvalue weighted by molar-refractivity contribution is 0.0203. The van der Waals surface area contributed by atoms with Crippen molar-refractivity contribution in [2.45, 2.75) is 45.1 Å². The molecule has 1 N–H and O–H groups in total. The van der Waals surface area contributed by atoms with Crippen LogP contribution in [0.1, 0.15) is 50.8 Å². The minimum Gasteiger partial charge on any atom is -0.444 e. The molecule has 0 spiro atoms. The summed E-state index contributed by atoms with van der Waals surface area (Å²) < 4.78 is 7.22. The summed E-state index contributed by atoms with van der Waals surface area (Å²) in [4.78, 5) is 29.4. The average molecular weight is 419 g/mol. The van der Waals surface area contributed by atoms with Crippen molar-refractivity contribution in [2.75, 3.05) is 13.1 Å². The molecular formula is C23H25N5O3. The summed E-state index contributed by atoms with van der Waals surface area (Å²) in [7, 11) is 0. The second-order valence-electron chi connectivity index (χ2n) is 8.78. The Morgan fingerprint density at radius 1 is 1.23 bits per heavy atom. The van der Waals surface area contributed by atoms with Crippen LogP contribution in [-0.2, 0) is 4.74 Å². The number of H-pyrrole nitrogens is 1. The van der Waals surface area contributed by atoms with Gasteiger partial charge in [0.25, 0.3) is 5.56 Å². The van der Waals surface area contributed by atoms with E-state index in [4.69, 9.17) is 4.74 Å². The van der Waals surface area contributed by atoms with E-state index in [1.165, 1.54) is 0 Å². The van der Waals surface area contributed by atoms with E-state index in [0.29, 0.717) is 42.7 Å². The van der Waals surface area contributed by atoms with Crippen molar-refractivity contribution in [3.63, 3.8) is 0 Å². The van der Waals surface area contributed by atoms with Crippen molar-refractivity contribution < 1.29 is 9.53 Å². The van der Waals surface area contributed by atoms with E-state index < -0.39 is 5.60 Å². The highest BCUT2D eigenvalue weighted by atomic mass is 16.6. The summed E-state index contributed by atoms with van der Waals surface area (Å²) in [5.41, 5.74) is 2.60. The van der Waals surface area contributed by atoms with Crippen molar-refractivity contribution in [2.24, 2.45) is 0 Å². The van der Waals surface area contributed by atoms with Crippen LogP contribution >= 0.6 is 0 Å². The minimum absolute atomic E-state index is 0.0856. The molecule has 8 heteroatoms. The first-order chi connectivity index (χ1) is 14.8. The van der Waals surface area contributed by atoms with E-state index in [9.17, 15) is 14.9 Å². The maximum absolute atomic E-state index is 12.5. The zero-order valence-electron chi connectivity index (χ0n) is 17.9. The number of nitriles is 1. The van der Waals surface area contributed by atoms with Gasteiger partial charge in [-0.25, -0.2) is 9.31 Å². The zero-order valence-corrected chi connectivity index (χ0v) is 17.9. The van der Waals surface area contributed by atoms with Crippen molar-refractivity contribution in [3.05, 3.63) is 58.1 Å².